The van der Waals surface area contributed by atoms with Crippen LogP contribution in [-0.4, -0.2) is 27.6 Å². The van der Waals surface area contributed by atoms with Gasteiger partial charge in [-0.2, -0.15) is 0 Å². The van der Waals surface area contributed by atoms with Crippen LogP contribution in [0.1, 0.15) is 6.42 Å². The van der Waals surface area contributed by atoms with Crippen LogP contribution in [0.3, 0.4) is 0 Å². The Morgan fingerprint density at radius 1 is 1.38 bits per heavy atom. The zero-order valence-electron chi connectivity index (χ0n) is 4.92. The molecule has 0 spiro atoms. The minimum atomic E-state index is -0.413. The van der Waals surface area contributed by atoms with Gasteiger partial charge < -0.3 is 14.0 Å². The van der Waals surface area contributed by atoms with Crippen molar-refractivity contribution in [2.45, 2.75) is 6.42 Å². The van der Waals surface area contributed by atoms with Gasteiger partial charge in [0.2, 0.25) is 0 Å². The van der Waals surface area contributed by atoms with Gasteiger partial charge in [-0.3, -0.25) is 0 Å². The molecule has 0 aromatic rings. The summed E-state index contributed by atoms with van der Waals surface area (Å²) in [5, 5.41) is 0. The highest BCUT2D eigenvalue weighted by atomic mass is 16.7. The third-order valence-corrected chi connectivity index (χ3v) is 0.989. The molecule has 0 N–H and O–H groups in total. The summed E-state index contributed by atoms with van der Waals surface area (Å²) in [6, 6.07) is 0. The molecule has 8 heavy (non-hydrogen) atoms. The van der Waals surface area contributed by atoms with Crippen molar-refractivity contribution in [3.05, 3.63) is 0 Å². The quantitative estimate of drug-likeness (QED) is 0.453. The number of rotatable bonds is 1. The lowest BCUT2D eigenvalue weighted by Crippen LogP contribution is -2.31. The number of hydrogen-bond acceptors (Lipinski definition) is 3. The highest BCUT2D eigenvalue weighted by Gasteiger charge is 2.21. The van der Waals surface area contributed by atoms with Crippen LogP contribution < -0.4 is 0 Å². The molecule has 1 aliphatic rings. The lowest BCUT2D eigenvalue weighted by atomic mass is 10.2. The van der Waals surface area contributed by atoms with Crippen LogP contribution in [0.25, 0.3) is 0 Å². The molecule has 0 bridgehead atoms. The second-order valence-electron chi connectivity index (χ2n) is 1.62. The molecule has 3 nitrogen and oxygen atoms in total. The van der Waals surface area contributed by atoms with Crippen molar-refractivity contribution in [3.8, 4) is 0 Å². The van der Waals surface area contributed by atoms with Crippen LogP contribution in [0.2, 0.25) is 0 Å². The van der Waals surface area contributed by atoms with Gasteiger partial charge >= 0.3 is 7.32 Å². The maximum atomic E-state index is 4.98. The van der Waals surface area contributed by atoms with Crippen LogP contribution >= 0.6 is 0 Å². The summed E-state index contributed by atoms with van der Waals surface area (Å²) in [6.45, 7) is 1.50. The van der Waals surface area contributed by atoms with Crippen LogP contribution in [0.5, 0.6) is 0 Å². The molecule has 4 heteroatoms. The highest BCUT2D eigenvalue weighted by molar-refractivity contribution is 6.36. The lowest BCUT2D eigenvalue weighted by Gasteiger charge is -2.16. The van der Waals surface area contributed by atoms with Gasteiger partial charge in [0.05, 0.1) is 0 Å². The minimum absolute atomic E-state index is 0.413. The van der Waals surface area contributed by atoms with Crippen molar-refractivity contribution >= 4 is 7.32 Å². The molecule has 1 aliphatic heterocycles. The van der Waals surface area contributed by atoms with Crippen LogP contribution in [-0.2, 0) is 14.0 Å². The Balaban J connectivity index is 2.13. The second-order valence-corrected chi connectivity index (χ2v) is 1.62. The van der Waals surface area contributed by atoms with E-state index in [1.54, 1.807) is 7.11 Å². The first-order valence-electron chi connectivity index (χ1n) is 2.69. The van der Waals surface area contributed by atoms with Gasteiger partial charge in [0.25, 0.3) is 0 Å². The smallest absolute Gasteiger partial charge is 0.389 e. The lowest BCUT2D eigenvalue weighted by molar-refractivity contribution is 0.0674. The molecule has 1 heterocycles. The fourth-order valence-electron chi connectivity index (χ4n) is 0.602. The second kappa shape index (κ2) is 3.07. The maximum Gasteiger partial charge on any atom is 0.639 e. The Bertz CT molecular complexity index is 62.3. The average Bonchev–Trinajstić information content (AvgIpc) is 1.90. The normalized spacial score (nSPS) is 21.4. The zero-order valence-corrected chi connectivity index (χ0v) is 4.92. The van der Waals surface area contributed by atoms with E-state index in [1.807, 2.05) is 0 Å². The average molecular weight is 116 g/mol. The van der Waals surface area contributed by atoms with Gasteiger partial charge in [-0.25, -0.2) is 0 Å². The summed E-state index contributed by atoms with van der Waals surface area (Å²) >= 11 is 0. The van der Waals surface area contributed by atoms with Gasteiger partial charge in [-0.15, -0.1) is 0 Å². The molecule has 0 aromatic carbocycles. The van der Waals surface area contributed by atoms with Crippen molar-refractivity contribution < 1.29 is 14.0 Å². The topological polar surface area (TPSA) is 27.7 Å². The third kappa shape index (κ3) is 1.47. The van der Waals surface area contributed by atoms with E-state index in [-0.39, 0.29) is 0 Å². The van der Waals surface area contributed by atoms with Crippen molar-refractivity contribution in [1.82, 2.24) is 0 Å². The van der Waals surface area contributed by atoms with Gasteiger partial charge in [0, 0.05) is 20.3 Å². The summed E-state index contributed by atoms with van der Waals surface area (Å²) in [6.07, 6.45) is 0.972. The molecule has 0 saturated carbocycles. The van der Waals surface area contributed by atoms with E-state index in [0.29, 0.717) is 0 Å². The molecule has 0 amide bonds. The SMILES string of the molecule is COB1OCCCO1. The van der Waals surface area contributed by atoms with Gasteiger partial charge in [0.1, 0.15) is 0 Å². The summed E-state index contributed by atoms with van der Waals surface area (Å²) in [5.41, 5.74) is 0. The van der Waals surface area contributed by atoms with Crippen LogP contribution in [0.15, 0.2) is 0 Å². The monoisotopic (exact) mass is 116 g/mol. The first kappa shape index (κ1) is 6.07. The van der Waals surface area contributed by atoms with E-state index in [2.05, 4.69) is 0 Å². The Morgan fingerprint density at radius 2 is 2.00 bits per heavy atom. The first-order chi connectivity index (χ1) is 3.93. The van der Waals surface area contributed by atoms with Crippen molar-refractivity contribution in [2.75, 3.05) is 20.3 Å². The summed E-state index contributed by atoms with van der Waals surface area (Å²) in [5.74, 6) is 0. The summed E-state index contributed by atoms with van der Waals surface area (Å²) in [7, 11) is 1.15. The number of hydrogen-bond donors (Lipinski definition) is 0. The molecule has 0 radical (unpaired) electrons. The van der Waals surface area contributed by atoms with Gasteiger partial charge in [0.15, 0.2) is 0 Å². The van der Waals surface area contributed by atoms with E-state index in [1.165, 1.54) is 0 Å². The van der Waals surface area contributed by atoms with E-state index >= 15 is 0 Å². The molecular formula is C4H9BO3. The predicted octanol–water partition coefficient (Wildman–Crippen LogP) is 0.0546. The van der Waals surface area contributed by atoms with Crippen LogP contribution in [0.4, 0.5) is 0 Å². The Kier molecular flexibility index (Phi) is 2.33. The molecule has 1 saturated heterocycles. The zero-order chi connectivity index (χ0) is 5.82. The fourth-order valence-corrected chi connectivity index (χ4v) is 0.602. The van der Waals surface area contributed by atoms with E-state index in [9.17, 15) is 0 Å². The van der Waals surface area contributed by atoms with E-state index < -0.39 is 7.32 Å². The first-order valence-corrected chi connectivity index (χ1v) is 2.69. The molecule has 1 rings (SSSR count). The van der Waals surface area contributed by atoms with Crippen molar-refractivity contribution in [2.24, 2.45) is 0 Å². The van der Waals surface area contributed by atoms with Crippen molar-refractivity contribution in [1.29, 1.82) is 0 Å². The molecule has 1 fully saturated rings. The maximum absolute atomic E-state index is 4.98. The van der Waals surface area contributed by atoms with E-state index in [0.717, 1.165) is 19.6 Å². The minimum Gasteiger partial charge on any atom is -0.389 e. The molecule has 0 unspecified atom stereocenters. The standard InChI is InChI=1S/C4H9BO3/c1-6-5-7-3-2-4-8-5/h2-4H2,1H3. The molecule has 46 valence electrons. The molecule has 0 aliphatic carbocycles. The van der Waals surface area contributed by atoms with E-state index in [4.69, 9.17) is 14.0 Å². The predicted molar refractivity (Wildman–Crippen MR) is 29.3 cm³/mol. The molecule has 0 aromatic heterocycles. The Morgan fingerprint density at radius 3 is 2.38 bits per heavy atom. The third-order valence-electron chi connectivity index (χ3n) is 0.989. The summed E-state index contributed by atoms with van der Waals surface area (Å²) in [4.78, 5) is 0. The van der Waals surface area contributed by atoms with Crippen LogP contribution in [0, 0.1) is 0 Å². The molecular weight excluding hydrogens is 107 g/mol. The van der Waals surface area contributed by atoms with Gasteiger partial charge in [-0.1, -0.05) is 0 Å². The summed E-state index contributed by atoms with van der Waals surface area (Å²) < 4.78 is 14.7. The van der Waals surface area contributed by atoms with Crippen molar-refractivity contribution in [3.63, 3.8) is 0 Å². The largest absolute Gasteiger partial charge is 0.639 e. The Labute approximate surface area is 49.1 Å². The fraction of sp³-hybridized carbons (Fsp3) is 1.00. The Hall–Kier alpha value is -0.0551. The highest BCUT2D eigenvalue weighted by Crippen LogP contribution is 1.99. The van der Waals surface area contributed by atoms with Gasteiger partial charge in [-0.05, 0) is 6.42 Å². The molecule has 0 atom stereocenters.